The van der Waals surface area contributed by atoms with Crippen molar-refractivity contribution < 1.29 is 0 Å². The number of halogens is 1. The van der Waals surface area contributed by atoms with Gasteiger partial charge in [-0.15, -0.1) is 0 Å². The molecule has 2 N–H and O–H groups in total. The first-order valence-electron chi connectivity index (χ1n) is 7.45. The largest absolute Gasteiger partial charge is 0.369 e. The smallest absolute Gasteiger partial charge is 0.0380 e. The first-order valence-corrected chi connectivity index (χ1v) is 8.24. The molecule has 1 aromatic rings. The molecule has 1 saturated carbocycles. The standard InChI is InChI=1S/C16H25BrN2/c1-3-19(13-7-5-4-6-8-13)14-9-10-15(12(2)18)16(17)11-14/h9-13H,3-8,18H2,1-2H3/t12-/m1/s1. The normalized spacial score (nSPS) is 18.3. The highest BCUT2D eigenvalue weighted by Crippen LogP contribution is 2.31. The highest BCUT2D eigenvalue weighted by atomic mass is 79.9. The van der Waals surface area contributed by atoms with Gasteiger partial charge in [0.25, 0.3) is 0 Å². The van der Waals surface area contributed by atoms with E-state index in [1.54, 1.807) is 0 Å². The van der Waals surface area contributed by atoms with Gasteiger partial charge in [0.05, 0.1) is 0 Å². The predicted octanol–water partition coefficient (Wildman–Crippen LogP) is 4.63. The second-order valence-corrected chi connectivity index (χ2v) is 6.43. The fourth-order valence-corrected chi connectivity index (χ4v) is 3.84. The zero-order valence-corrected chi connectivity index (χ0v) is 13.6. The molecule has 1 aromatic carbocycles. The zero-order chi connectivity index (χ0) is 13.8. The van der Waals surface area contributed by atoms with Crippen molar-refractivity contribution in [3.05, 3.63) is 28.2 Å². The van der Waals surface area contributed by atoms with Crippen LogP contribution in [0.25, 0.3) is 0 Å². The van der Waals surface area contributed by atoms with Gasteiger partial charge < -0.3 is 10.6 Å². The molecule has 0 saturated heterocycles. The Kier molecular flexibility index (Phi) is 5.28. The van der Waals surface area contributed by atoms with E-state index in [0.717, 1.165) is 11.0 Å². The topological polar surface area (TPSA) is 29.3 Å². The Hall–Kier alpha value is -0.540. The maximum atomic E-state index is 5.97. The van der Waals surface area contributed by atoms with Crippen LogP contribution in [0.15, 0.2) is 22.7 Å². The molecule has 106 valence electrons. The van der Waals surface area contributed by atoms with Crippen molar-refractivity contribution in [2.75, 3.05) is 11.4 Å². The molecule has 3 heteroatoms. The Morgan fingerprint density at radius 3 is 2.53 bits per heavy atom. The lowest BCUT2D eigenvalue weighted by atomic mass is 9.93. The molecule has 0 unspecified atom stereocenters. The molecule has 1 aliphatic rings. The van der Waals surface area contributed by atoms with Crippen molar-refractivity contribution in [3.8, 4) is 0 Å². The summed E-state index contributed by atoms with van der Waals surface area (Å²) in [6.45, 7) is 5.36. The van der Waals surface area contributed by atoms with Gasteiger partial charge in [-0.05, 0) is 44.4 Å². The zero-order valence-electron chi connectivity index (χ0n) is 12.0. The first-order chi connectivity index (χ1) is 9.13. The van der Waals surface area contributed by atoms with Crippen LogP contribution >= 0.6 is 15.9 Å². The molecule has 1 atom stereocenters. The number of nitrogens with zero attached hydrogens (tertiary/aromatic N) is 1. The van der Waals surface area contributed by atoms with Crippen molar-refractivity contribution in [1.82, 2.24) is 0 Å². The van der Waals surface area contributed by atoms with Crippen molar-refractivity contribution in [3.63, 3.8) is 0 Å². The minimum Gasteiger partial charge on any atom is -0.369 e. The van der Waals surface area contributed by atoms with Crippen LogP contribution in [0, 0.1) is 0 Å². The van der Waals surface area contributed by atoms with Crippen LogP contribution in [0.5, 0.6) is 0 Å². The van der Waals surface area contributed by atoms with E-state index < -0.39 is 0 Å². The Morgan fingerprint density at radius 2 is 2.00 bits per heavy atom. The van der Waals surface area contributed by atoms with Crippen molar-refractivity contribution >= 4 is 21.6 Å². The third-order valence-electron chi connectivity index (χ3n) is 4.16. The van der Waals surface area contributed by atoms with Crippen LogP contribution < -0.4 is 10.6 Å². The van der Waals surface area contributed by atoms with E-state index in [1.807, 2.05) is 6.92 Å². The molecule has 0 amide bonds. The van der Waals surface area contributed by atoms with Gasteiger partial charge in [-0.2, -0.15) is 0 Å². The number of rotatable bonds is 4. The summed E-state index contributed by atoms with van der Waals surface area (Å²) in [6, 6.07) is 7.41. The number of nitrogens with two attached hydrogens (primary N) is 1. The number of hydrogen-bond donors (Lipinski definition) is 1. The van der Waals surface area contributed by atoms with E-state index in [4.69, 9.17) is 5.73 Å². The molecule has 1 fully saturated rings. The van der Waals surface area contributed by atoms with E-state index in [1.165, 1.54) is 43.4 Å². The van der Waals surface area contributed by atoms with Crippen molar-refractivity contribution in [2.24, 2.45) is 5.73 Å². The summed E-state index contributed by atoms with van der Waals surface area (Å²) < 4.78 is 1.13. The average Bonchev–Trinajstić information content (AvgIpc) is 2.40. The second-order valence-electron chi connectivity index (χ2n) is 5.57. The molecule has 0 radical (unpaired) electrons. The Labute approximate surface area is 125 Å². The fraction of sp³-hybridized carbons (Fsp3) is 0.625. The molecule has 0 aliphatic heterocycles. The van der Waals surface area contributed by atoms with Gasteiger partial charge in [-0.3, -0.25) is 0 Å². The van der Waals surface area contributed by atoms with E-state index in [0.29, 0.717) is 6.04 Å². The maximum absolute atomic E-state index is 5.97. The monoisotopic (exact) mass is 324 g/mol. The Balaban J connectivity index is 2.20. The molecule has 0 heterocycles. The summed E-state index contributed by atoms with van der Waals surface area (Å²) in [7, 11) is 0. The van der Waals surface area contributed by atoms with Crippen molar-refractivity contribution in [2.45, 2.75) is 58.0 Å². The first kappa shape index (κ1) is 14.9. The minimum atomic E-state index is 0.0770. The van der Waals surface area contributed by atoms with Gasteiger partial charge in [-0.25, -0.2) is 0 Å². The highest BCUT2D eigenvalue weighted by Gasteiger charge is 2.20. The second kappa shape index (κ2) is 6.76. The molecule has 0 bridgehead atoms. The fourth-order valence-electron chi connectivity index (χ4n) is 3.11. The van der Waals surface area contributed by atoms with Crippen LogP contribution in [-0.2, 0) is 0 Å². The molecule has 0 aromatic heterocycles. The van der Waals surface area contributed by atoms with Crippen LogP contribution in [0.1, 0.15) is 57.6 Å². The SMILES string of the molecule is CCN(c1ccc([C@@H](C)N)c(Br)c1)C1CCCCC1. The quantitative estimate of drug-likeness (QED) is 0.875. The average molecular weight is 325 g/mol. The van der Waals surface area contributed by atoms with Crippen LogP contribution in [0.3, 0.4) is 0 Å². The maximum Gasteiger partial charge on any atom is 0.0380 e. The van der Waals surface area contributed by atoms with E-state index in [-0.39, 0.29) is 6.04 Å². The van der Waals surface area contributed by atoms with Crippen LogP contribution in [-0.4, -0.2) is 12.6 Å². The van der Waals surface area contributed by atoms with Gasteiger partial charge in [0.1, 0.15) is 0 Å². The molecule has 19 heavy (non-hydrogen) atoms. The summed E-state index contributed by atoms with van der Waals surface area (Å²) in [4.78, 5) is 2.55. The summed E-state index contributed by atoms with van der Waals surface area (Å²) >= 11 is 3.66. The number of benzene rings is 1. The summed E-state index contributed by atoms with van der Waals surface area (Å²) in [5.74, 6) is 0. The van der Waals surface area contributed by atoms with E-state index in [2.05, 4.69) is 46.0 Å². The number of anilines is 1. The summed E-state index contributed by atoms with van der Waals surface area (Å²) in [5.41, 5.74) is 8.48. The van der Waals surface area contributed by atoms with Gasteiger partial charge in [0, 0.05) is 28.8 Å². The number of hydrogen-bond acceptors (Lipinski definition) is 2. The third-order valence-corrected chi connectivity index (χ3v) is 4.85. The van der Waals surface area contributed by atoms with Crippen molar-refractivity contribution in [1.29, 1.82) is 0 Å². The van der Waals surface area contributed by atoms with Crippen LogP contribution in [0.2, 0.25) is 0 Å². The lowest BCUT2D eigenvalue weighted by Crippen LogP contribution is -2.36. The van der Waals surface area contributed by atoms with E-state index in [9.17, 15) is 0 Å². The minimum absolute atomic E-state index is 0.0770. The lowest BCUT2D eigenvalue weighted by molar-refractivity contribution is 0.418. The van der Waals surface area contributed by atoms with Gasteiger partial charge in [-0.1, -0.05) is 41.3 Å². The molecular formula is C16H25BrN2. The summed E-state index contributed by atoms with van der Waals surface area (Å²) in [5, 5.41) is 0. The predicted molar refractivity (Wildman–Crippen MR) is 86.6 cm³/mol. The third kappa shape index (κ3) is 3.51. The van der Waals surface area contributed by atoms with Crippen LogP contribution in [0.4, 0.5) is 5.69 Å². The molecule has 0 spiro atoms. The Morgan fingerprint density at radius 1 is 1.32 bits per heavy atom. The highest BCUT2D eigenvalue weighted by molar-refractivity contribution is 9.10. The molecule has 2 rings (SSSR count). The summed E-state index contributed by atoms with van der Waals surface area (Å²) in [6.07, 6.45) is 6.82. The van der Waals surface area contributed by atoms with Gasteiger partial charge in [0.15, 0.2) is 0 Å². The van der Waals surface area contributed by atoms with Gasteiger partial charge >= 0.3 is 0 Å². The van der Waals surface area contributed by atoms with E-state index >= 15 is 0 Å². The van der Waals surface area contributed by atoms with Gasteiger partial charge in [0.2, 0.25) is 0 Å². The molecule has 1 aliphatic carbocycles. The Bertz CT molecular complexity index is 411. The molecule has 2 nitrogen and oxygen atoms in total. The molecular weight excluding hydrogens is 300 g/mol. The lowest BCUT2D eigenvalue weighted by Gasteiger charge is -2.35.